The fraction of sp³-hybridized carbons (Fsp3) is 1.00. The molecule has 0 amide bonds. The Kier molecular flexibility index (Phi) is 3.56. The zero-order chi connectivity index (χ0) is 9.14. The summed E-state index contributed by atoms with van der Waals surface area (Å²) in [5.74, 6) is 0.500. The van der Waals surface area contributed by atoms with Gasteiger partial charge in [0.15, 0.2) is 0 Å². The van der Waals surface area contributed by atoms with Crippen LogP contribution < -0.4 is 0 Å². The first kappa shape index (κ1) is 10.0. The van der Waals surface area contributed by atoms with Crippen LogP contribution in [0, 0.1) is 5.92 Å². The van der Waals surface area contributed by atoms with Crippen molar-refractivity contribution in [3.05, 3.63) is 0 Å². The molecule has 1 saturated heterocycles. The summed E-state index contributed by atoms with van der Waals surface area (Å²) in [4.78, 5) is 5.30. The molecule has 0 spiro atoms. The van der Waals surface area contributed by atoms with Gasteiger partial charge in [-0.3, -0.25) is 4.84 Å². The van der Waals surface area contributed by atoms with E-state index in [0.717, 1.165) is 6.42 Å². The third-order valence-corrected chi connectivity index (χ3v) is 2.09. The van der Waals surface area contributed by atoms with Crippen LogP contribution in [0.25, 0.3) is 0 Å². The predicted molar refractivity (Wildman–Crippen MR) is 47.8 cm³/mol. The lowest BCUT2D eigenvalue weighted by Crippen LogP contribution is -2.26. The van der Waals surface area contributed by atoms with E-state index in [2.05, 4.69) is 6.92 Å². The summed E-state index contributed by atoms with van der Waals surface area (Å²) in [6.07, 6.45) is 1.09. The van der Waals surface area contributed by atoms with Crippen LogP contribution in [-0.2, 0) is 9.57 Å². The molecule has 0 aromatic carbocycles. The Morgan fingerprint density at radius 3 is 2.67 bits per heavy atom. The van der Waals surface area contributed by atoms with E-state index < -0.39 is 0 Å². The summed E-state index contributed by atoms with van der Waals surface area (Å²) in [7, 11) is 9.35. The highest BCUT2D eigenvalue weighted by atomic mass is 16.7. The summed E-state index contributed by atoms with van der Waals surface area (Å²) < 4.78 is 5.45. The maximum Gasteiger partial charge on any atom is 0.109 e. The van der Waals surface area contributed by atoms with Crippen molar-refractivity contribution in [2.24, 2.45) is 5.92 Å². The van der Waals surface area contributed by atoms with Crippen molar-refractivity contribution < 1.29 is 9.57 Å². The first-order valence-electron chi connectivity index (χ1n) is 4.31. The van der Waals surface area contributed by atoms with Gasteiger partial charge in [-0.2, -0.15) is 5.06 Å². The van der Waals surface area contributed by atoms with E-state index in [0.29, 0.717) is 12.5 Å². The predicted octanol–water partition coefficient (Wildman–Crippen LogP) is 0.399. The average molecular weight is 169 g/mol. The SMILES string of the molecule is [B][C@H]1CC(C)[C@@H](CON(C)C)O1. The largest absolute Gasteiger partial charge is 0.382 e. The van der Waals surface area contributed by atoms with Crippen LogP contribution in [0.1, 0.15) is 13.3 Å². The topological polar surface area (TPSA) is 21.7 Å². The Morgan fingerprint density at radius 2 is 2.25 bits per heavy atom. The Labute approximate surface area is 75.4 Å². The van der Waals surface area contributed by atoms with Gasteiger partial charge < -0.3 is 4.74 Å². The number of rotatable bonds is 3. The van der Waals surface area contributed by atoms with Gasteiger partial charge in [0.05, 0.1) is 12.7 Å². The normalized spacial score (nSPS) is 36.2. The van der Waals surface area contributed by atoms with E-state index in [1.807, 2.05) is 14.1 Å². The van der Waals surface area contributed by atoms with Crippen molar-refractivity contribution in [1.82, 2.24) is 5.06 Å². The number of hydrogen-bond acceptors (Lipinski definition) is 3. The number of ether oxygens (including phenoxy) is 1. The number of nitrogens with zero attached hydrogens (tertiary/aromatic N) is 1. The molecule has 1 unspecified atom stereocenters. The minimum atomic E-state index is -0.101. The fourth-order valence-corrected chi connectivity index (χ4v) is 1.36. The maximum atomic E-state index is 5.63. The highest BCUT2D eigenvalue weighted by molar-refractivity contribution is 6.11. The lowest BCUT2D eigenvalue weighted by Gasteiger charge is -2.17. The molecule has 0 saturated carbocycles. The van der Waals surface area contributed by atoms with Crippen LogP contribution in [-0.4, -0.2) is 45.7 Å². The van der Waals surface area contributed by atoms with Gasteiger partial charge >= 0.3 is 0 Å². The van der Waals surface area contributed by atoms with Crippen molar-refractivity contribution in [2.45, 2.75) is 25.5 Å². The molecule has 0 aromatic heterocycles. The average Bonchev–Trinajstić information content (AvgIpc) is 2.26. The first-order chi connectivity index (χ1) is 5.59. The molecular weight excluding hydrogens is 153 g/mol. The van der Waals surface area contributed by atoms with E-state index >= 15 is 0 Å². The van der Waals surface area contributed by atoms with Crippen LogP contribution in [0.3, 0.4) is 0 Å². The van der Waals surface area contributed by atoms with E-state index in [9.17, 15) is 0 Å². The summed E-state index contributed by atoms with van der Waals surface area (Å²) in [6.45, 7) is 2.73. The van der Waals surface area contributed by atoms with Gasteiger partial charge in [-0.15, -0.1) is 0 Å². The standard InChI is InChI=1S/C8H16BNO2/c1-6-4-8(9)12-7(6)5-11-10(2)3/h6-8H,4-5H2,1-3H3/t6?,7-,8-/m1/s1. The Hall–Kier alpha value is -0.0551. The lowest BCUT2D eigenvalue weighted by molar-refractivity contribution is -0.152. The third-order valence-electron chi connectivity index (χ3n) is 2.09. The Morgan fingerprint density at radius 1 is 1.58 bits per heavy atom. The highest BCUT2D eigenvalue weighted by Crippen LogP contribution is 2.24. The van der Waals surface area contributed by atoms with Crippen LogP contribution in [0.15, 0.2) is 0 Å². The maximum absolute atomic E-state index is 5.63. The minimum absolute atomic E-state index is 0.101. The third kappa shape index (κ3) is 2.77. The molecule has 2 radical (unpaired) electrons. The molecule has 0 aromatic rings. The van der Waals surface area contributed by atoms with E-state index in [1.54, 1.807) is 5.06 Å². The second-order valence-electron chi connectivity index (χ2n) is 3.53. The highest BCUT2D eigenvalue weighted by Gasteiger charge is 2.29. The van der Waals surface area contributed by atoms with Gasteiger partial charge in [-0.1, -0.05) is 6.92 Å². The van der Waals surface area contributed by atoms with Crippen molar-refractivity contribution in [3.63, 3.8) is 0 Å². The molecule has 1 fully saturated rings. The summed E-state index contributed by atoms with van der Waals surface area (Å²) in [5, 5.41) is 1.68. The monoisotopic (exact) mass is 169 g/mol. The van der Waals surface area contributed by atoms with Crippen molar-refractivity contribution in [3.8, 4) is 0 Å². The molecule has 3 nitrogen and oxygen atoms in total. The van der Waals surface area contributed by atoms with E-state index in [1.165, 1.54) is 0 Å². The van der Waals surface area contributed by atoms with Gasteiger partial charge in [0.1, 0.15) is 7.85 Å². The number of hydrogen-bond donors (Lipinski definition) is 0. The first-order valence-corrected chi connectivity index (χ1v) is 4.31. The summed E-state index contributed by atoms with van der Waals surface area (Å²) in [5.41, 5.74) is 0. The van der Waals surface area contributed by atoms with Gasteiger partial charge in [-0.25, -0.2) is 0 Å². The smallest absolute Gasteiger partial charge is 0.109 e. The Bertz CT molecular complexity index is 143. The van der Waals surface area contributed by atoms with E-state index in [4.69, 9.17) is 17.4 Å². The molecule has 3 atom stereocenters. The quantitative estimate of drug-likeness (QED) is 0.450. The lowest BCUT2D eigenvalue weighted by atomic mass is 9.92. The molecule has 12 heavy (non-hydrogen) atoms. The number of hydroxylamine groups is 2. The van der Waals surface area contributed by atoms with Crippen molar-refractivity contribution in [1.29, 1.82) is 0 Å². The van der Waals surface area contributed by atoms with Crippen molar-refractivity contribution >= 4 is 7.85 Å². The minimum Gasteiger partial charge on any atom is -0.382 e. The van der Waals surface area contributed by atoms with Gasteiger partial charge in [0.25, 0.3) is 0 Å². The summed E-state index contributed by atoms with van der Waals surface area (Å²) in [6, 6.07) is -0.101. The molecule has 0 aliphatic carbocycles. The van der Waals surface area contributed by atoms with Crippen LogP contribution in [0.2, 0.25) is 0 Å². The molecule has 1 heterocycles. The summed E-state index contributed by atoms with van der Waals surface area (Å²) >= 11 is 0. The van der Waals surface area contributed by atoms with Gasteiger partial charge in [0.2, 0.25) is 0 Å². The second kappa shape index (κ2) is 4.26. The molecule has 4 heteroatoms. The molecule has 1 aliphatic rings. The van der Waals surface area contributed by atoms with Crippen LogP contribution in [0.4, 0.5) is 0 Å². The second-order valence-corrected chi connectivity index (χ2v) is 3.53. The molecule has 1 aliphatic heterocycles. The molecule has 0 bridgehead atoms. The molecular formula is C8H16BNO2. The zero-order valence-electron chi connectivity index (χ0n) is 7.99. The van der Waals surface area contributed by atoms with Crippen LogP contribution >= 0.6 is 0 Å². The molecule has 0 N–H and O–H groups in total. The van der Waals surface area contributed by atoms with Gasteiger partial charge in [-0.05, 0) is 12.3 Å². The van der Waals surface area contributed by atoms with Gasteiger partial charge in [0, 0.05) is 20.1 Å². The fourth-order valence-electron chi connectivity index (χ4n) is 1.36. The Balaban J connectivity index is 2.23. The van der Waals surface area contributed by atoms with Crippen LogP contribution in [0.5, 0.6) is 0 Å². The molecule has 1 rings (SSSR count). The van der Waals surface area contributed by atoms with E-state index in [-0.39, 0.29) is 12.1 Å². The zero-order valence-corrected chi connectivity index (χ0v) is 7.99. The molecule has 68 valence electrons. The van der Waals surface area contributed by atoms with Crippen molar-refractivity contribution in [2.75, 3.05) is 20.7 Å².